The molecule has 9 nitrogen and oxygen atoms in total. The molecule has 0 aliphatic rings. The number of hydrogen-bond acceptors (Lipinski definition) is 6. The molecule has 9 heteroatoms. The maximum absolute atomic E-state index is 11.3. The molecule has 0 radical (unpaired) electrons. The van der Waals surface area contributed by atoms with Crippen LogP contribution in [0.25, 0.3) is 0 Å². The van der Waals surface area contributed by atoms with Crippen LogP contribution in [0.2, 0.25) is 0 Å². The highest BCUT2D eigenvalue weighted by Gasteiger charge is 2.18. The van der Waals surface area contributed by atoms with Gasteiger partial charge in [0.25, 0.3) is 0 Å². The fourth-order valence-electron chi connectivity index (χ4n) is 0.987. The molecule has 0 saturated carbocycles. The Labute approximate surface area is 104 Å². The summed E-state index contributed by atoms with van der Waals surface area (Å²) >= 11 is 0. The summed E-state index contributed by atoms with van der Waals surface area (Å²) in [5, 5.41) is 8.47. The van der Waals surface area contributed by atoms with Crippen LogP contribution in [0.15, 0.2) is 4.99 Å². The minimum Gasteiger partial charge on any atom is -0.480 e. The monoisotopic (exact) mass is 261 g/mol. The number of guanidine groups is 1. The summed E-state index contributed by atoms with van der Waals surface area (Å²) in [5.74, 6) is -1.97. The molecule has 0 aromatic carbocycles. The lowest BCUT2D eigenvalue weighted by atomic mass is 10.2. The molecule has 0 aromatic heterocycles. The molecule has 0 bridgehead atoms. The van der Waals surface area contributed by atoms with Crippen molar-refractivity contribution in [2.45, 2.75) is 24.9 Å². The van der Waals surface area contributed by atoms with Gasteiger partial charge >= 0.3 is 11.9 Å². The lowest BCUT2D eigenvalue weighted by Crippen LogP contribution is -2.39. The smallest absolute Gasteiger partial charge is 0.324 e. The molecule has 0 spiro atoms. The van der Waals surface area contributed by atoms with Gasteiger partial charge in [-0.05, 0) is 12.8 Å². The molecular weight excluding hydrogens is 242 g/mol. The summed E-state index contributed by atoms with van der Waals surface area (Å²) in [6, 6.07) is -2.09. The molecule has 9 N–H and O–H groups in total. The van der Waals surface area contributed by atoms with Gasteiger partial charge in [-0.25, -0.2) is 0 Å². The van der Waals surface area contributed by atoms with E-state index in [2.05, 4.69) is 9.73 Å². The molecule has 0 amide bonds. The van der Waals surface area contributed by atoms with Gasteiger partial charge in [0.2, 0.25) is 0 Å². The Hall–Kier alpha value is -1.87. The van der Waals surface area contributed by atoms with E-state index in [0.717, 1.165) is 0 Å². The van der Waals surface area contributed by atoms with Crippen LogP contribution < -0.4 is 22.9 Å². The van der Waals surface area contributed by atoms with Crippen molar-refractivity contribution in [1.82, 2.24) is 0 Å². The third-order valence-electron chi connectivity index (χ3n) is 1.99. The van der Waals surface area contributed by atoms with E-state index in [4.69, 9.17) is 28.0 Å². The molecule has 0 aromatic rings. The number of nitrogens with zero attached hydrogens (tertiary/aromatic N) is 1. The molecule has 2 atom stereocenters. The number of rotatable bonds is 8. The highest BCUT2D eigenvalue weighted by molar-refractivity contribution is 5.77. The quantitative estimate of drug-likeness (QED) is 0.136. The number of carboxylic acids is 1. The highest BCUT2D eigenvalue weighted by atomic mass is 16.5. The summed E-state index contributed by atoms with van der Waals surface area (Å²) in [6.45, 7) is -0.0479. The van der Waals surface area contributed by atoms with Crippen molar-refractivity contribution in [3.8, 4) is 0 Å². The van der Waals surface area contributed by atoms with Crippen LogP contribution in [0.3, 0.4) is 0 Å². The third kappa shape index (κ3) is 7.41. The number of carbonyl (C=O) groups excluding carboxylic acids is 1. The van der Waals surface area contributed by atoms with E-state index < -0.39 is 30.6 Å². The van der Waals surface area contributed by atoms with Gasteiger partial charge in [-0.1, -0.05) is 0 Å². The van der Waals surface area contributed by atoms with Crippen LogP contribution in [0.1, 0.15) is 12.8 Å². The summed E-state index contributed by atoms with van der Waals surface area (Å²) < 4.78 is 4.65. The molecule has 0 saturated heterocycles. The number of carboxylic acid groups (broad SMARTS) is 1. The van der Waals surface area contributed by atoms with Gasteiger partial charge < -0.3 is 32.8 Å². The number of carbonyl (C=O) groups is 2. The van der Waals surface area contributed by atoms with E-state index in [1.165, 1.54) is 0 Å². The Morgan fingerprint density at radius 2 is 1.83 bits per heavy atom. The van der Waals surface area contributed by atoms with Gasteiger partial charge in [-0.3, -0.25) is 14.6 Å². The van der Waals surface area contributed by atoms with Crippen molar-refractivity contribution in [1.29, 1.82) is 0 Å². The number of aliphatic imine (C=N–C) groups is 1. The Morgan fingerprint density at radius 3 is 2.33 bits per heavy atom. The van der Waals surface area contributed by atoms with E-state index in [9.17, 15) is 9.59 Å². The topological polar surface area (TPSA) is 180 Å². The van der Waals surface area contributed by atoms with Crippen molar-refractivity contribution in [2.24, 2.45) is 27.9 Å². The molecule has 0 aliphatic carbocycles. The van der Waals surface area contributed by atoms with Crippen LogP contribution in [-0.2, 0) is 14.3 Å². The van der Waals surface area contributed by atoms with Gasteiger partial charge in [-0.2, -0.15) is 0 Å². The predicted molar refractivity (Wildman–Crippen MR) is 64.5 cm³/mol. The van der Waals surface area contributed by atoms with Crippen LogP contribution in [-0.4, -0.2) is 48.2 Å². The number of esters is 1. The molecule has 0 rings (SSSR count). The minimum atomic E-state index is -1.25. The van der Waals surface area contributed by atoms with Crippen molar-refractivity contribution in [2.75, 3.05) is 13.2 Å². The van der Waals surface area contributed by atoms with Gasteiger partial charge in [0.05, 0.1) is 0 Å². The first-order valence-corrected chi connectivity index (χ1v) is 5.30. The Kier molecular flexibility index (Phi) is 7.40. The SMILES string of the molecule is NC(N)=NCCC[C@H](N)C(=O)OCC(N)C(=O)O. The Morgan fingerprint density at radius 1 is 1.22 bits per heavy atom. The first-order chi connectivity index (χ1) is 8.34. The number of nitrogens with two attached hydrogens (primary N) is 4. The fourth-order valence-corrected chi connectivity index (χ4v) is 0.987. The molecule has 104 valence electrons. The summed E-state index contributed by atoms with van der Waals surface area (Å²) in [4.78, 5) is 25.4. The lowest BCUT2D eigenvalue weighted by Gasteiger charge is -2.12. The van der Waals surface area contributed by atoms with E-state index in [1.54, 1.807) is 0 Å². The standard InChI is InChI=1S/C9H19N5O4/c10-5(2-1-3-14-9(12)13)8(17)18-4-6(11)7(15)16/h5-6H,1-4,10-11H2,(H,15,16)(H4,12,13,14)/t5-,6?/m0/s1. The van der Waals surface area contributed by atoms with E-state index in [-0.39, 0.29) is 5.96 Å². The van der Waals surface area contributed by atoms with E-state index >= 15 is 0 Å². The zero-order chi connectivity index (χ0) is 14.1. The normalized spacial score (nSPS) is 13.4. The first-order valence-electron chi connectivity index (χ1n) is 5.30. The molecule has 18 heavy (non-hydrogen) atoms. The maximum atomic E-state index is 11.3. The average molecular weight is 261 g/mol. The summed E-state index contributed by atoms with van der Waals surface area (Å²) in [5.41, 5.74) is 20.9. The molecule has 0 fully saturated rings. The molecule has 1 unspecified atom stereocenters. The number of aliphatic carboxylic acids is 1. The second-order valence-corrected chi connectivity index (χ2v) is 3.63. The predicted octanol–water partition coefficient (Wildman–Crippen LogP) is -2.68. The van der Waals surface area contributed by atoms with Crippen LogP contribution in [0.4, 0.5) is 0 Å². The summed E-state index contributed by atoms with van der Waals surface area (Å²) in [7, 11) is 0. The van der Waals surface area contributed by atoms with E-state index in [0.29, 0.717) is 19.4 Å². The summed E-state index contributed by atoms with van der Waals surface area (Å²) in [6.07, 6.45) is 0.844. The van der Waals surface area contributed by atoms with Crippen LogP contribution in [0.5, 0.6) is 0 Å². The second kappa shape index (κ2) is 8.25. The highest BCUT2D eigenvalue weighted by Crippen LogP contribution is 1.98. The molecular formula is C9H19N5O4. The largest absolute Gasteiger partial charge is 0.480 e. The van der Waals surface area contributed by atoms with Crippen molar-refractivity contribution >= 4 is 17.9 Å². The number of hydrogen-bond donors (Lipinski definition) is 5. The Balaban J connectivity index is 3.83. The molecule has 0 aliphatic heterocycles. The maximum Gasteiger partial charge on any atom is 0.324 e. The third-order valence-corrected chi connectivity index (χ3v) is 1.99. The van der Waals surface area contributed by atoms with Crippen molar-refractivity contribution in [3.63, 3.8) is 0 Å². The average Bonchev–Trinajstić information content (AvgIpc) is 2.30. The van der Waals surface area contributed by atoms with Crippen molar-refractivity contribution in [3.05, 3.63) is 0 Å². The minimum absolute atomic E-state index is 0.0291. The molecule has 0 heterocycles. The lowest BCUT2D eigenvalue weighted by molar-refractivity contribution is -0.149. The second-order valence-electron chi connectivity index (χ2n) is 3.63. The van der Waals surface area contributed by atoms with Gasteiger partial charge in [-0.15, -0.1) is 0 Å². The zero-order valence-electron chi connectivity index (χ0n) is 9.91. The van der Waals surface area contributed by atoms with Crippen LogP contribution in [0, 0.1) is 0 Å². The fraction of sp³-hybridized carbons (Fsp3) is 0.667. The Bertz CT molecular complexity index is 316. The van der Waals surface area contributed by atoms with Gasteiger partial charge in [0, 0.05) is 6.54 Å². The first kappa shape index (κ1) is 16.1. The number of ether oxygens (including phenoxy) is 1. The van der Waals surface area contributed by atoms with Crippen LogP contribution >= 0.6 is 0 Å². The van der Waals surface area contributed by atoms with Crippen molar-refractivity contribution < 1.29 is 19.4 Å². The zero-order valence-corrected chi connectivity index (χ0v) is 9.91. The van der Waals surface area contributed by atoms with E-state index in [1.807, 2.05) is 0 Å². The van der Waals surface area contributed by atoms with Gasteiger partial charge in [0.1, 0.15) is 18.7 Å². The van der Waals surface area contributed by atoms with Gasteiger partial charge in [0.15, 0.2) is 5.96 Å².